The smallest absolute Gasteiger partial charge is 0.264 e. The third-order valence-electron chi connectivity index (χ3n) is 4.82. The Hall–Kier alpha value is -2.45. The van der Waals surface area contributed by atoms with E-state index in [2.05, 4.69) is 31.1 Å². The molecule has 1 aromatic carbocycles. The molecule has 0 atom stereocenters. The summed E-state index contributed by atoms with van der Waals surface area (Å²) in [6.07, 6.45) is 2.18. The number of aromatic nitrogens is 3. The molecule has 3 aromatic rings. The molecule has 2 aromatic heterocycles. The van der Waals surface area contributed by atoms with Gasteiger partial charge >= 0.3 is 0 Å². The van der Waals surface area contributed by atoms with Crippen molar-refractivity contribution in [1.82, 2.24) is 15.2 Å². The number of carbonyl (C=O) groups is 1. The fraction of sp³-hybridized carbons (Fsp3) is 0.350. The van der Waals surface area contributed by atoms with Crippen LogP contribution in [0.4, 0.5) is 0 Å². The number of nitrogens with zero attached hydrogens (tertiary/aromatic N) is 2. The molecule has 8 heteroatoms. The molecule has 28 heavy (non-hydrogen) atoms. The molecule has 1 aliphatic carbocycles. The summed E-state index contributed by atoms with van der Waals surface area (Å²) >= 11 is 3.46. The fourth-order valence-electron chi connectivity index (χ4n) is 3.21. The van der Waals surface area contributed by atoms with E-state index < -0.39 is 0 Å². The molecule has 0 aliphatic heterocycles. The first-order chi connectivity index (χ1) is 13.5. The number of benzene rings is 1. The van der Waals surface area contributed by atoms with Gasteiger partial charge in [-0.05, 0) is 66.4 Å². The maximum Gasteiger partial charge on any atom is 0.264 e. The monoisotopic (exact) mass is 444 g/mol. The Morgan fingerprint density at radius 1 is 1.36 bits per heavy atom. The van der Waals surface area contributed by atoms with Crippen molar-refractivity contribution in [3.8, 4) is 17.3 Å². The lowest BCUT2D eigenvalue weighted by Gasteiger charge is -2.09. The summed E-state index contributed by atoms with van der Waals surface area (Å²) in [5.41, 5.74) is 8.91. The van der Waals surface area contributed by atoms with Crippen LogP contribution in [0.1, 0.15) is 51.8 Å². The molecule has 146 valence electrons. The van der Waals surface area contributed by atoms with Crippen molar-refractivity contribution in [2.24, 2.45) is 5.73 Å². The molecule has 3 N–H and O–H groups in total. The Morgan fingerprint density at radius 3 is 2.82 bits per heavy atom. The zero-order chi connectivity index (χ0) is 19.8. The van der Waals surface area contributed by atoms with Crippen molar-refractivity contribution in [3.05, 3.63) is 50.9 Å². The van der Waals surface area contributed by atoms with Crippen LogP contribution in [0.25, 0.3) is 11.6 Å². The van der Waals surface area contributed by atoms with Crippen LogP contribution in [0, 0.1) is 13.8 Å². The SMILES string of the molecule is Cc1[nH]c(-c2nnc(C3CC3)o2)c(C)c1C(=O)c1ccc(OCCN)c(Br)c1. The standard InChI is InChI=1S/C20H21BrN4O3/c1-10-16(18(26)13-5-6-15(14(21)9-13)27-8-7-22)11(2)23-17(10)20-25-24-19(28-20)12-3-4-12/h5-6,9,12,23H,3-4,7-8,22H2,1-2H3. The minimum atomic E-state index is -0.0782. The van der Waals surface area contributed by atoms with Gasteiger partial charge in [0.15, 0.2) is 5.78 Å². The highest BCUT2D eigenvalue weighted by Gasteiger charge is 2.30. The molecule has 0 spiro atoms. The number of nitrogens with one attached hydrogen (secondary N) is 1. The van der Waals surface area contributed by atoms with E-state index in [0.717, 1.165) is 24.1 Å². The van der Waals surface area contributed by atoms with Crippen LogP contribution in [0.5, 0.6) is 5.75 Å². The predicted octanol–water partition coefficient (Wildman–Crippen LogP) is 3.89. The Kier molecular flexibility index (Phi) is 5.07. The van der Waals surface area contributed by atoms with Gasteiger partial charge in [0.2, 0.25) is 5.89 Å². The minimum absolute atomic E-state index is 0.0782. The van der Waals surface area contributed by atoms with Crippen molar-refractivity contribution in [2.75, 3.05) is 13.2 Å². The minimum Gasteiger partial charge on any atom is -0.491 e. The van der Waals surface area contributed by atoms with E-state index in [9.17, 15) is 4.79 Å². The van der Waals surface area contributed by atoms with Crippen LogP contribution in [-0.4, -0.2) is 34.1 Å². The molecule has 0 amide bonds. The van der Waals surface area contributed by atoms with Gasteiger partial charge < -0.3 is 19.9 Å². The van der Waals surface area contributed by atoms with Gasteiger partial charge in [0, 0.05) is 29.3 Å². The number of halogens is 1. The number of rotatable bonds is 7. The second-order valence-electron chi connectivity index (χ2n) is 6.96. The lowest BCUT2D eigenvalue weighted by molar-refractivity contribution is 0.103. The maximum atomic E-state index is 13.2. The molecule has 1 aliphatic rings. The van der Waals surface area contributed by atoms with Crippen LogP contribution in [-0.2, 0) is 0 Å². The summed E-state index contributed by atoms with van der Waals surface area (Å²) in [7, 11) is 0. The van der Waals surface area contributed by atoms with Gasteiger partial charge in [0.25, 0.3) is 5.89 Å². The van der Waals surface area contributed by atoms with Crippen molar-refractivity contribution < 1.29 is 13.9 Å². The quantitative estimate of drug-likeness (QED) is 0.535. The number of H-pyrrole nitrogens is 1. The maximum absolute atomic E-state index is 13.2. The summed E-state index contributed by atoms with van der Waals surface area (Å²) in [5, 5.41) is 8.29. The zero-order valence-corrected chi connectivity index (χ0v) is 17.3. The first kappa shape index (κ1) is 18.9. The summed E-state index contributed by atoms with van der Waals surface area (Å²) in [6, 6.07) is 5.28. The number of nitrogens with two attached hydrogens (primary N) is 1. The Balaban J connectivity index is 1.64. The molecule has 7 nitrogen and oxygen atoms in total. The molecule has 1 fully saturated rings. The summed E-state index contributed by atoms with van der Waals surface area (Å²) in [4.78, 5) is 16.4. The number of ether oxygens (including phenoxy) is 1. The lowest BCUT2D eigenvalue weighted by Crippen LogP contribution is -2.11. The van der Waals surface area contributed by atoms with Crippen molar-refractivity contribution in [1.29, 1.82) is 0 Å². The molecule has 0 unspecified atom stereocenters. The normalized spacial score (nSPS) is 13.7. The number of ketones is 1. The van der Waals surface area contributed by atoms with E-state index in [0.29, 0.717) is 57.9 Å². The summed E-state index contributed by atoms with van der Waals surface area (Å²) in [5.74, 6) is 2.06. The lowest BCUT2D eigenvalue weighted by atomic mass is 9.99. The van der Waals surface area contributed by atoms with E-state index >= 15 is 0 Å². The van der Waals surface area contributed by atoms with E-state index in [1.54, 1.807) is 18.2 Å². The summed E-state index contributed by atoms with van der Waals surface area (Å²) < 4.78 is 12.1. The van der Waals surface area contributed by atoms with Gasteiger partial charge in [-0.1, -0.05) is 0 Å². The average Bonchev–Trinajstić information content (AvgIpc) is 3.34. The summed E-state index contributed by atoms with van der Waals surface area (Å²) in [6.45, 7) is 4.60. The highest BCUT2D eigenvalue weighted by molar-refractivity contribution is 9.10. The molecule has 1 saturated carbocycles. The highest BCUT2D eigenvalue weighted by Crippen LogP contribution is 2.40. The fourth-order valence-corrected chi connectivity index (χ4v) is 3.70. The van der Waals surface area contributed by atoms with E-state index in [1.807, 2.05) is 13.8 Å². The van der Waals surface area contributed by atoms with Crippen LogP contribution >= 0.6 is 15.9 Å². The second kappa shape index (κ2) is 7.52. The Morgan fingerprint density at radius 2 is 2.14 bits per heavy atom. The zero-order valence-electron chi connectivity index (χ0n) is 15.7. The van der Waals surface area contributed by atoms with Gasteiger partial charge in [-0.25, -0.2) is 0 Å². The van der Waals surface area contributed by atoms with Gasteiger partial charge in [-0.3, -0.25) is 4.79 Å². The van der Waals surface area contributed by atoms with Crippen LogP contribution in [0.2, 0.25) is 0 Å². The second-order valence-corrected chi connectivity index (χ2v) is 7.81. The number of aromatic amines is 1. The Bertz CT molecular complexity index is 1040. The van der Waals surface area contributed by atoms with Gasteiger partial charge in [-0.15, -0.1) is 10.2 Å². The third-order valence-corrected chi connectivity index (χ3v) is 5.43. The van der Waals surface area contributed by atoms with E-state index in [-0.39, 0.29) is 5.78 Å². The van der Waals surface area contributed by atoms with Gasteiger partial charge in [0.05, 0.1) is 4.47 Å². The van der Waals surface area contributed by atoms with Crippen LogP contribution < -0.4 is 10.5 Å². The van der Waals surface area contributed by atoms with Crippen molar-refractivity contribution in [2.45, 2.75) is 32.6 Å². The number of hydrogen-bond acceptors (Lipinski definition) is 6. The van der Waals surface area contributed by atoms with Crippen molar-refractivity contribution in [3.63, 3.8) is 0 Å². The third kappa shape index (κ3) is 3.49. The Labute approximate surface area is 170 Å². The van der Waals surface area contributed by atoms with Gasteiger partial charge in [0.1, 0.15) is 18.1 Å². The first-order valence-electron chi connectivity index (χ1n) is 9.19. The number of carbonyl (C=O) groups excluding carboxylic acids is 1. The molecular formula is C20H21BrN4O3. The predicted molar refractivity (Wildman–Crippen MR) is 108 cm³/mol. The van der Waals surface area contributed by atoms with Crippen molar-refractivity contribution >= 4 is 21.7 Å². The van der Waals surface area contributed by atoms with Crippen LogP contribution in [0.15, 0.2) is 27.1 Å². The molecule has 2 heterocycles. The molecule has 0 bridgehead atoms. The van der Waals surface area contributed by atoms with E-state index in [4.69, 9.17) is 14.9 Å². The first-order valence-corrected chi connectivity index (χ1v) is 9.99. The largest absolute Gasteiger partial charge is 0.491 e. The highest BCUT2D eigenvalue weighted by atomic mass is 79.9. The molecule has 4 rings (SSSR count). The molecule has 0 saturated heterocycles. The molecular weight excluding hydrogens is 424 g/mol. The average molecular weight is 445 g/mol. The molecule has 0 radical (unpaired) electrons. The van der Waals surface area contributed by atoms with E-state index in [1.165, 1.54) is 0 Å². The topological polar surface area (TPSA) is 107 Å². The van der Waals surface area contributed by atoms with Gasteiger partial charge in [-0.2, -0.15) is 0 Å². The number of aryl methyl sites for hydroxylation is 1. The van der Waals surface area contributed by atoms with Crippen LogP contribution in [0.3, 0.4) is 0 Å². The number of hydrogen-bond donors (Lipinski definition) is 2.